The minimum atomic E-state index is -0.393. The van der Waals surface area contributed by atoms with E-state index in [9.17, 15) is 0 Å². The quantitative estimate of drug-likeness (QED) is 0.0859. The molecule has 0 amide bonds. The number of halogens is 1. The van der Waals surface area contributed by atoms with Crippen LogP contribution in [0.4, 0.5) is 5.82 Å². The SMILES string of the molecule is Brc1ccc(-c2ccc(-c3nc4ccccc4n3-c3ccccc3)cc2)cc1.CC1(C)OB(c2ccc3c4ccccc4n4c5ccccc5nc4c3c2)OC1(C)C.c1ccc(-n2c(-c3ccc(-c4ccc(-c5ccc6c(c5)C5=Nc7cccc[n+]7C5c5ccccc5-6)cc4)cc3)nc3ccccc32)cc1. The number of pyridine rings is 2. The highest BCUT2D eigenvalue weighted by atomic mass is 79.9. The van der Waals surface area contributed by atoms with Crippen molar-refractivity contribution in [3.63, 3.8) is 0 Å². The van der Waals surface area contributed by atoms with Crippen LogP contribution in [0.1, 0.15) is 44.9 Å². The average Bonchev–Trinajstić information content (AvgIpc) is 1.52. The predicted molar refractivity (Wildman–Crippen MR) is 437 cm³/mol. The molecule has 18 aromatic rings. The van der Waals surface area contributed by atoms with Gasteiger partial charge in [-0.25, -0.2) is 19.5 Å². The molecule has 1 saturated heterocycles. The third kappa shape index (κ3) is 11.2. The first kappa shape index (κ1) is 64.4. The Hall–Kier alpha value is -12.4. The van der Waals surface area contributed by atoms with Crippen LogP contribution in [-0.4, -0.2) is 52.5 Å². The molecule has 10 nitrogen and oxygen atoms in total. The van der Waals surface area contributed by atoms with Crippen molar-refractivity contribution in [1.82, 2.24) is 28.5 Å². The van der Waals surface area contributed by atoms with Crippen molar-refractivity contribution in [1.29, 1.82) is 0 Å². The predicted octanol–water partition coefficient (Wildman–Crippen LogP) is 22.2. The number of rotatable bonds is 8. The molecule has 1 fully saturated rings. The Morgan fingerprint density at radius 2 is 0.830 bits per heavy atom. The maximum absolute atomic E-state index is 6.31. The average molecular weight is 1430 g/mol. The summed E-state index contributed by atoms with van der Waals surface area (Å²) in [5.74, 6) is 2.89. The first-order valence-electron chi connectivity index (χ1n) is 36.0. The molecular formula is C94H69BBrN8O2+. The third-order valence-corrected chi connectivity index (χ3v) is 22.0. The van der Waals surface area contributed by atoms with E-state index < -0.39 is 7.12 Å². The van der Waals surface area contributed by atoms with Gasteiger partial charge in [0.05, 0.1) is 56.0 Å². The molecule has 5 aromatic heterocycles. The number of nitrogens with zero attached hydrogens (tertiary/aromatic N) is 8. The standard InChI is InChI=1S/C44H29N4.C25H23BN2O2.C25H17BrN2/c1-2-10-34(11-3-1)48-40-15-7-6-14-39(40)45-44(48)32-23-21-30(22-24-32)29-17-19-31(20-18-29)33-25-26-36-35-12-4-5-13-37(35)43-42(38(36)28-33)46-41-16-8-9-27-47(41)43;1-24(2)25(3,4)30-26(29-24)16-13-14-17-18-9-5-7-11-21(18)28-22-12-8-6-10-20(22)27-23(28)19(17)15-16;26-21-16-14-19(15-17-21)18-10-12-20(13-11-18)25-27-23-8-4-5-9-24(23)28(25)22-6-2-1-3-7-22/h1-28,43H;5-15H,1-4H3;1-17H/q+1;;. The van der Waals surface area contributed by atoms with Crippen molar-refractivity contribution in [3.05, 3.63) is 355 Å². The molecule has 1 unspecified atom stereocenters. The van der Waals surface area contributed by atoms with Crippen LogP contribution in [0, 0.1) is 0 Å². The summed E-state index contributed by atoms with van der Waals surface area (Å²) < 4.78 is 22.7. The van der Waals surface area contributed by atoms with E-state index in [1.165, 1.54) is 66.4 Å². The fourth-order valence-electron chi connectivity index (χ4n) is 15.4. The van der Waals surface area contributed by atoms with Gasteiger partial charge in [0.25, 0.3) is 0 Å². The molecule has 0 bridgehead atoms. The molecule has 1 atom stereocenters. The zero-order valence-corrected chi connectivity index (χ0v) is 60.3. The van der Waals surface area contributed by atoms with Gasteiger partial charge < -0.3 is 9.31 Å². The van der Waals surface area contributed by atoms with E-state index in [-0.39, 0.29) is 17.2 Å². The van der Waals surface area contributed by atoms with Gasteiger partial charge in [-0.05, 0) is 179 Å². The lowest BCUT2D eigenvalue weighted by Gasteiger charge is -2.32. The molecule has 506 valence electrons. The van der Waals surface area contributed by atoms with Gasteiger partial charge in [-0.3, -0.25) is 13.5 Å². The van der Waals surface area contributed by atoms with Gasteiger partial charge in [-0.15, -0.1) is 0 Å². The van der Waals surface area contributed by atoms with Crippen molar-refractivity contribution >= 4 is 100 Å². The van der Waals surface area contributed by atoms with E-state index in [1.807, 2.05) is 30.3 Å². The van der Waals surface area contributed by atoms with E-state index >= 15 is 0 Å². The number of aliphatic imine (C=N–C) groups is 1. The van der Waals surface area contributed by atoms with Gasteiger partial charge >= 0.3 is 12.9 Å². The summed E-state index contributed by atoms with van der Waals surface area (Å²) in [4.78, 5) is 20.1. The minimum absolute atomic E-state index is 0.0923. The summed E-state index contributed by atoms with van der Waals surface area (Å²) in [5, 5.41) is 3.51. The normalized spacial score (nSPS) is 14.5. The molecule has 0 N–H and O–H groups in total. The topological polar surface area (TPSA) is 87.6 Å². The van der Waals surface area contributed by atoms with Crippen LogP contribution < -0.4 is 10.0 Å². The van der Waals surface area contributed by atoms with Gasteiger partial charge in [0.2, 0.25) is 5.71 Å². The maximum atomic E-state index is 6.31. The number of fused-ring (bicyclic) bond motifs is 18. The second kappa shape index (κ2) is 26.1. The second-order valence-electron chi connectivity index (χ2n) is 28.3. The Balaban J connectivity index is 0.000000115. The lowest BCUT2D eigenvalue weighted by molar-refractivity contribution is -0.680. The smallest absolute Gasteiger partial charge is 0.399 e. The summed E-state index contributed by atoms with van der Waals surface area (Å²) >= 11 is 3.50. The third-order valence-electron chi connectivity index (χ3n) is 21.5. The Kier molecular flexibility index (Phi) is 15.8. The van der Waals surface area contributed by atoms with Crippen molar-refractivity contribution in [2.24, 2.45) is 4.99 Å². The molecule has 106 heavy (non-hydrogen) atoms. The lowest BCUT2D eigenvalue weighted by atomic mass is 9.78. The van der Waals surface area contributed by atoms with Gasteiger partial charge in [0.1, 0.15) is 17.3 Å². The second-order valence-corrected chi connectivity index (χ2v) is 29.2. The van der Waals surface area contributed by atoms with E-state index in [1.54, 1.807) is 0 Å². The van der Waals surface area contributed by atoms with Gasteiger partial charge in [-0.1, -0.05) is 253 Å². The molecule has 21 rings (SSSR count). The monoisotopic (exact) mass is 1430 g/mol. The highest BCUT2D eigenvalue weighted by molar-refractivity contribution is 9.10. The number of hydrogen-bond acceptors (Lipinski definition) is 6. The fraction of sp³-hybridized carbons (Fsp3) is 0.0745. The zero-order valence-electron chi connectivity index (χ0n) is 58.8. The van der Waals surface area contributed by atoms with Crippen molar-refractivity contribution in [3.8, 4) is 78.7 Å². The van der Waals surface area contributed by atoms with Crippen LogP contribution in [0.25, 0.3) is 139 Å². The molecule has 12 heteroatoms. The van der Waals surface area contributed by atoms with Crippen molar-refractivity contribution in [2.45, 2.75) is 44.9 Å². The van der Waals surface area contributed by atoms with Crippen LogP contribution in [0.5, 0.6) is 0 Å². The highest BCUT2D eigenvalue weighted by Crippen LogP contribution is 2.45. The number of imidazole rings is 3. The zero-order chi connectivity index (χ0) is 71.2. The van der Waals surface area contributed by atoms with E-state index in [0.717, 1.165) is 105 Å². The maximum Gasteiger partial charge on any atom is 0.494 e. The van der Waals surface area contributed by atoms with Crippen LogP contribution in [0.2, 0.25) is 0 Å². The molecule has 2 aliphatic heterocycles. The van der Waals surface area contributed by atoms with Gasteiger partial charge in [0.15, 0.2) is 6.04 Å². The number of aromatic nitrogens is 7. The first-order valence-corrected chi connectivity index (χ1v) is 36.8. The molecule has 7 heterocycles. The number of para-hydroxylation sites is 9. The largest absolute Gasteiger partial charge is 0.494 e. The highest BCUT2D eigenvalue weighted by Gasteiger charge is 2.52. The van der Waals surface area contributed by atoms with Crippen LogP contribution in [-0.2, 0) is 9.31 Å². The number of benzene rings is 13. The Bertz CT molecular complexity index is 6450. The summed E-state index contributed by atoms with van der Waals surface area (Å²) in [6.07, 6.45) is 2.15. The Morgan fingerprint density at radius 1 is 0.368 bits per heavy atom. The lowest BCUT2D eigenvalue weighted by Crippen LogP contribution is -2.42. The van der Waals surface area contributed by atoms with Crippen LogP contribution in [0.15, 0.2) is 349 Å². The molecule has 3 aliphatic rings. The molecule has 0 saturated carbocycles. The molecule has 0 radical (unpaired) electrons. The van der Waals surface area contributed by atoms with Crippen molar-refractivity contribution < 1.29 is 13.9 Å². The van der Waals surface area contributed by atoms with Crippen LogP contribution >= 0.6 is 15.9 Å². The molecule has 13 aromatic carbocycles. The Labute approximate surface area is 622 Å². The summed E-state index contributed by atoms with van der Waals surface area (Å²) in [6.45, 7) is 8.34. The minimum Gasteiger partial charge on any atom is -0.399 e. The molecule has 1 aliphatic carbocycles. The van der Waals surface area contributed by atoms with Crippen molar-refractivity contribution in [2.75, 3.05) is 0 Å². The summed E-state index contributed by atoms with van der Waals surface area (Å²) in [7, 11) is -0.393. The summed E-state index contributed by atoms with van der Waals surface area (Å²) in [6, 6.07) is 117. The first-order chi connectivity index (χ1) is 51.9. The van der Waals surface area contributed by atoms with Gasteiger partial charge in [-0.2, -0.15) is 0 Å². The Morgan fingerprint density at radius 3 is 1.42 bits per heavy atom. The van der Waals surface area contributed by atoms with E-state index in [4.69, 9.17) is 29.3 Å². The van der Waals surface area contributed by atoms with E-state index in [2.05, 4.69) is 371 Å². The number of hydrogen-bond donors (Lipinski definition) is 0. The summed E-state index contributed by atoms with van der Waals surface area (Å²) in [5.41, 5.74) is 26.4. The fourth-order valence-corrected chi connectivity index (χ4v) is 15.7. The van der Waals surface area contributed by atoms with Gasteiger partial charge in [0, 0.05) is 54.9 Å². The van der Waals surface area contributed by atoms with E-state index in [0.29, 0.717) is 0 Å². The van der Waals surface area contributed by atoms with Crippen LogP contribution in [0.3, 0.4) is 0 Å². The molecule has 0 spiro atoms. The molecular weight excluding hydrogens is 1360 g/mol.